The smallest absolute Gasteiger partial charge is 0.326 e. The number of nitrogens with two attached hydrogens (primary N) is 4. The van der Waals surface area contributed by atoms with Gasteiger partial charge < -0.3 is 59.3 Å². The lowest BCUT2D eigenvalue weighted by molar-refractivity contribution is -0.149. The van der Waals surface area contributed by atoms with E-state index < -0.39 is 128 Å². The lowest BCUT2D eigenvalue weighted by atomic mass is 10.1. The monoisotopic (exact) mass is 717 g/mol. The van der Waals surface area contributed by atoms with E-state index in [1.165, 1.54) is 0 Å². The standard InChI is InChI=1S/C27H43N9O12S/c28-12(3-6-18(29)37)22(42)34-15(10-20(31)39)25(45)33-14(5-8-21(40)41)23(43)32-13(4-7-19(30)38)24(44)35-16(11-49)26(46)36-9-1-2-17(36)27(47)48/h12-17,49H,1-11,28H2,(H2,29,37)(H2,30,38)(H2,31,39)(H,32,43)(H,33,45)(H,34,42)(H,35,44)(H,40,41)(H,47,48)/t12-,13-,14-,15-,16-,17-/m0/s1. The highest BCUT2D eigenvalue weighted by atomic mass is 32.1. The number of nitrogens with one attached hydrogen (secondary N) is 4. The Kier molecular flexibility index (Phi) is 17.5. The number of hydrogen-bond acceptors (Lipinski definition) is 12. The van der Waals surface area contributed by atoms with Crippen molar-refractivity contribution in [1.82, 2.24) is 26.2 Å². The number of carboxylic acids is 2. The van der Waals surface area contributed by atoms with Crippen LogP contribution in [-0.4, -0.2) is 123 Å². The molecule has 0 aromatic carbocycles. The summed E-state index contributed by atoms with van der Waals surface area (Å²) in [6.45, 7) is 0.110. The van der Waals surface area contributed by atoms with Gasteiger partial charge in [0, 0.05) is 31.6 Å². The number of amides is 8. The molecule has 22 heteroatoms. The fraction of sp³-hybridized carbons (Fsp3) is 0.630. The van der Waals surface area contributed by atoms with Gasteiger partial charge >= 0.3 is 11.9 Å². The van der Waals surface area contributed by atoms with Crippen LogP contribution in [-0.2, 0) is 47.9 Å². The summed E-state index contributed by atoms with van der Waals surface area (Å²) in [5, 5.41) is 27.7. The van der Waals surface area contributed by atoms with Crippen LogP contribution < -0.4 is 44.2 Å². The largest absolute Gasteiger partial charge is 0.481 e. The molecule has 0 unspecified atom stereocenters. The average Bonchev–Trinajstić information content (AvgIpc) is 3.51. The van der Waals surface area contributed by atoms with Gasteiger partial charge in [0.1, 0.15) is 30.2 Å². The van der Waals surface area contributed by atoms with E-state index >= 15 is 0 Å². The highest BCUT2D eigenvalue weighted by Crippen LogP contribution is 2.19. The van der Waals surface area contributed by atoms with E-state index in [1.807, 2.05) is 0 Å². The number of hydrogen-bond donors (Lipinski definition) is 11. The van der Waals surface area contributed by atoms with Crippen molar-refractivity contribution in [3.05, 3.63) is 0 Å². The lowest BCUT2D eigenvalue weighted by Gasteiger charge is -2.28. The van der Waals surface area contributed by atoms with Gasteiger partial charge in [-0.05, 0) is 32.1 Å². The molecule has 274 valence electrons. The summed E-state index contributed by atoms with van der Waals surface area (Å²) in [6.07, 6.45) is -2.76. The van der Waals surface area contributed by atoms with Crippen LogP contribution in [0.3, 0.4) is 0 Å². The summed E-state index contributed by atoms with van der Waals surface area (Å²) in [5.41, 5.74) is 21.2. The number of primary amides is 3. The third-order valence-corrected chi connectivity index (χ3v) is 7.65. The molecule has 1 saturated heterocycles. The number of carbonyl (C=O) groups is 10. The van der Waals surface area contributed by atoms with E-state index in [4.69, 9.17) is 22.9 Å². The summed E-state index contributed by atoms with van der Waals surface area (Å²) in [4.78, 5) is 124. The molecule has 0 bridgehead atoms. The van der Waals surface area contributed by atoms with E-state index in [2.05, 4.69) is 33.9 Å². The van der Waals surface area contributed by atoms with Crippen LogP contribution >= 0.6 is 12.6 Å². The molecule has 1 aliphatic rings. The Hall–Kier alpha value is -4.99. The number of aliphatic carboxylic acids is 2. The summed E-state index contributed by atoms with van der Waals surface area (Å²) in [7, 11) is 0. The minimum atomic E-state index is -1.71. The van der Waals surface area contributed by atoms with Gasteiger partial charge in [-0.25, -0.2) is 4.79 Å². The summed E-state index contributed by atoms with van der Waals surface area (Å²) in [6, 6.07) is -8.80. The number of carboxylic acid groups (broad SMARTS) is 2. The highest BCUT2D eigenvalue weighted by Gasteiger charge is 2.38. The van der Waals surface area contributed by atoms with Crippen molar-refractivity contribution in [2.45, 2.75) is 94.0 Å². The normalized spacial score (nSPS) is 16.9. The molecule has 21 nitrogen and oxygen atoms in total. The average molecular weight is 718 g/mol. The first kappa shape index (κ1) is 42.0. The fourth-order valence-electron chi connectivity index (χ4n) is 4.70. The minimum absolute atomic E-state index is 0.110. The molecule has 0 radical (unpaired) electrons. The van der Waals surface area contributed by atoms with Crippen molar-refractivity contribution < 1.29 is 58.2 Å². The predicted octanol–water partition coefficient (Wildman–Crippen LogP) is -5.47. The first-order valence-corrected chi connectivity index (χ1v) is 15.7. The molecule has 49 heavy (non-hydrogen) atoms. The van der Waals surface area contributed by atoms with E-state index in [0.29, 0.717) is 6.42 Å². The fourth-order valence-corrected chi connectivity index (χ4v) is 4.95. The molecule has 6 atom stereocenters. The van der Waals surface area contributed by atoms with Gasteiger partial charge in [0.2, 0.25) is 47.3 Å². The van der Waals surface area contributed by atoms with E-state index in [9.17, 15) is 58.2 Å². The maximum atomic E-state index is 13.4. The molecule has 0 aromatic rings. The van der Waals surface area contributed by atoms with Crippen LogP contribution in [0.1, 0.15) is 57.8 Å². The second-order valence-electron chi connectivity index (χ2n) is 11.2. The lowest BCUT2D eigenvalue weighted by Crippen LogP contribution is -2.60. The van der Waals surface area contributed by atoms with Crippen molar-refractivity contribution in [3.8, 4) is 0 Å². The molecular weight excluding hydrogens is 674 g/mol. The van der Waals surface area contributed by atoms with Crippen LogP contribution in [0.25, 0.3) is 0 Å². The SMILES string of the molecule is NC(=O)CC[C@H](NC(=O)[C@H](CCC(=O)O)NC(=O)[C@H](CC(N)=O)NC(=O)[C@@H](N)CCC(N)=O)C(=O)N[C@@H](CS)C(=O)N1CCC[C@H]1C(=O)O. The zero-order valence-electron chi connectivity index (χ0n) is 26.4. The number of rotatable bonds is 22. The zero-order valence-corrected chi connectivity index (χ0v) is 27.3. The first-order valence-electron chi connectivity index (χ1n) is 15.1. The Labute approximate surface area is 285 Å². The van der Waals surface area contributed by atoms with E-state index in [0.717, 1.165) is 4.90 Å². The van der Waals surface area contributed by atoms with Crippen LogP contribution in [0.2, 0.25) is 0 Å². The number of carbonyl (C=O) groups excluding carboxylic acids is 8. The second kappa shape index (κ2) is 20.4. The molecule has 0 spiro atoms. The molecule has 1 aliphatic heterocycles. The molecule has 1 heterocycles. The molecule has 0 aromatic heterocycles. The van der Waals surface area contributed by atoms with Crippen molar-refractivity contribution >= 4 is 71.8 Å². The van der Waals surface area contributed by atoms with Gasteiger partial charge in [-0.15, -0.1) is 0 Å². The molecule has 0 aliphatic carbocycles. The van der Waals surface area contributed by atoms with Crippen molar-refractivity contribution in [2.75, 3.05) is 12.3 Å². The van der Waals surface area contributed by atoms with Crippen LogP contribution in [0.5, 0.6) is 0 Å². The third-order valence-electron chi connectivity index (χ3n) is 7.29. The van der Waals surface area contributed by atoms with Gasteiger partial charge in [-0.3, -0.25) is 43.2 Å². The van der Waals surface area contributed by atoms with Gasteiger partial charge in [-0.2, -0.15) is 12.6 Å². The van der Waals surface area contributed by atoms with Crippen LogP contribution in [0.15, 0.2) is 0 Å². The maximum absolute atomic E-state index is 13.4. The quantitative estimate of drug-likeness (QED) is 0.0466. The maximum Gasteiger partial charge on any atom is 0.326 e. The van der Waals surface area contributed by atoms with Gasteiger partial charge in [0.15, 0.2) is 0 Å². The number of likely N-dealkylation sites (tertiary alicyclic amines) is 1. The highest BCUT2D eigenvalue weighted by molar-refractivity contribution is 7.80. The Morgan fingerprint density at radius 1 is 0.673 bits per heavy atom. The van der Waals surface area contributed by atoms with Gasteiger partial charge in [-0.1, -0.05) is 0 Å². The Morgan fingerprint density at radius 3 is 1.61 bits per heavy atom. The summed E-state index contributed by atoms with van der Waals surface area (Å²) in [5.74, 6) is -10.6. The Balaban J connectivity index is 3.22. The molecule has 1 fully saturated rings. The molecular formula is C27H43N9O12S. The summed E-state index contributed by atoms with van der Waals surface area (Å²) < 4.78 is 0. The van der Waals surface area contributed by atoms with E-state index in [-0.39, 0.29) is 31.6 Å². The summed E-state index contributed by atoms with van der Waals surface area (Å²) >= 11 is 4.08. The topological polar surface area (TPSA) is 367 Å². The van der Waals surface area contributed by atoms with Crippen molar-refractivity contribution in [1.29, 1.82) is 0 Å². The number of nitrogens with zero attached hydrogens (tertiary/aromatic N) is 1. The zero-order chi connectivity index (χ0) is 37.4. The Bertz CT molecular complexity index is 1300. The second-order valence-corrected chi connectivity index (χ2v) is 11.5. The van der Waals surface area contributed by atoms with E-state index in [1.54, 1.807) is 0 Å². The minimum Gasteiger partial charge on any atom is -0.481 e. The van der Waals surface area contributed by atoms with Gasteiger partial charge in [0.25, 0.3) is 0 Å². The van der Waals surface area contributed by atoms with Crippen LogP contribution in [0.4, 0.5) is 0 Å². The third kappa shape index (κ3) is 14.8. The molecule has 8 amide bonds. The molecule has 1 rings (SSSR count). The van der Waals surface area contributed by atoms with Crippen LogP contribution in [0, 0.1) is 0 Å². The van der Waals surface area contributed by atoms with Gasteiger partial charge in [0.05, 0.1) is 12.5 Å². The number of thiol groups is 1. The molecule has 0 saturated carbocycles. The first-order chi connectivity index (χ1) is 22.9. The molecule has 14 N–H and O–H groups in total. The predicted molar refractivity (Wildman–Crippen MR) is 169 cm³/mol. The van der Waals surface area contributed by atoms with Crippen molar-refractivity contribution in [2.24, 2.45) is 22.9 Å². The van der Waals surface area contributed by atoms with Crippen molar-refractivity contribution in [3.63, 3.8) is 0 Å². The Morgan fingerprint density at radius 2 is 1.14 bits per heavy atom.